The van der Waals surface area contributed by atoms with E-state index in [1.165, 1.54) is 0 Å². The fraction of sp³-hybridized carbons (Fsp3) is 0.640. The van der Waals surface area contributed by atoms with Crippen LogP contribution in [0, 0.1) is 24.2 Å². The van der Waals surface area contributed by atoms with Crippen LogP contribution >= 0.6 is 0 Å². The average molecular weight is 499 g/mol. The van der Waals surface area contributed by atoms with Crippen molar-refractivity contribution >= 4 is 22.1 Å². The van der Waals surface area contributed by atoms with Crippen molar-refractivity contribution in [1.29, 1.82) is 0 Å². The molecule has 0 bridgehead atoms. The van der Waals surface area contributed by atoms with Crippen LogP contribution < -0.4 is 4.74 Å². The number of methoxy groups -OCH3 is 1. The number of hydrogen-bond acceptors (Lipinski definition) is 5. The monoisotopic (exact) mass is 499 g/mol. The fourth-order valence-corrected chi connectivity index (χ4v) is 3.56. The Morgan fingerprint density at radius 1 is 1.29 bits per heavy atom. The second-order valence-corrected chi connectivity index (χ2v) is 8.27. The van der Waals surface area contributed by atoms with Crippen molar-refractivity contribution in [3.63, 3.8) is 0 Å². The molecule has 1 aromatic carbocycles. The molecule has 2 N–H and O–H groups in total. The molecule has 1 aliphatic carbocycles. The quantitative estimate of drug-likeness (QED) is 0.440. The maximum atomic E-state index is 11.2. The Bertz CT molecular complexity index is 713. The first-order valence-corrected chi connectivity index (χ1v) is 11.6. The summed E-state index contributed by atoms with van der Waals surface area (Å²) in [4.78, 5) is 11.2. The molecule has 2 rings (SSSR count). The second-order valence-electron chi connectivity index (χ2n) is 8.27. The van der Waals surface area contributed by atoms with Gasteiger partial charge in [-0.25, -0.2) is 0 Å². The van der Waals surface area contributed by atoms with Crippen molar-refractivity contribution in [2.24, 2.45) is 5.41 Å². The van der Waals surface area contributed by atoms with Gasteiger partial charge in [-0.2, -0.15) is 0 Å². The third-order valence-electron chi connectivity index (χ3n) is 5.43. The molecule has 6 heteroatoms. The Morgan fingerprint density at radius 3 is 2.35 bits per heavy atom. The minimum absolute atomic E-state index is 0.135. The second kappa shape index (κ2) is 16.3. The first kappa shape index (κ1) is 29.6. The van der Waals surface area contributed by atoms with Crippen LogP contribution in [-0.4, -0.2) is 57.8 Å². The number of hydrogen-bond donors (Lipinski definition) is 2. The molecule has 0 aliphatic heterocycles. The third-order valence-corrected chi connectivity index (χ3v) is 5.43. The Morgan fingerprint density at radius 2 is 1.90 bits per heavy atom. The van der Waals surface area contributed by atoms with E-state index in [-0.39, 0.29) is 11.2 Å². The van der Waals surface area contributed by atoms with Gasteiger partial charge in [-0.1, -0.05) is 19.8 Å². The molecule has 0 unspecified atom stereocenters. The van der Waals surface area contributed by atoms with Gasteiger partial charge in [0.1, 0.15) is 11.5 Å². The van der Waals surface area contributed by atoms with Crippen molar-refractivity contribution in [3.8, 4) is 17.6 Å². The van der Waals surface area contributed by atoms with Crippen LogP contribution in [0.5, 0.6) is 5.75 Å². The van der Waals surface area contributed by atoms with E-state index in [9.17, 15) is 9.90 Å². The number of Topliss-reactive ketones (excluding diaryl/α,β-unsaturated/α-hetero) is 1. The summed E-state index contributed by atoms with van der Waals surface area (Å²) in [7, 11) is 1.61. The molecule has 1 fully saturated rings. The topological polar surface area (TPSA) is 76.0 Å². The zero-order valence-electron chi connectivity index (χ0n) is 19.9. The number of benzene rings is 1. The zero-order chi connectivity index (χ0) is 23.9. The van der Waals surface area contributed by atoms with Crippen molar-refractivity contribution in [1.82, 2.24) is 0 Å². The van der Waals surface area contributed by atoms with Gasteiger partial charge < -0.3 is 14.6 Å². The summed E-state index contributed by atoms with van der Waals surface area (Å²) in [5.74, 6) is 6.72. The molecule has 5 nitrogen and oxygen atoms in total. The summed E-state index contributed by atoms with van der Waals surface area (Å²) >= 11 is 1.62. The van der Waals surface area contributed by atoms with Gasteiger partial charge >= 0.3 is 20.5 Å². The molecular formula is C25H39O5Se. The Balaban J connectivity index is 0.000000547. The van der Waals surface area contributed by atoms with E-state index < -0.39 is 0 Å². The minimum atomic E-state index is 0.135. The van der Waals surface area contributed by atoms with Crippen molar-refractivity contribution in [3.05, 3.63) is 28.8 Å². The predicted octanol–water partition coefficient (Wildman–Crippen LogP) is 3.92. The standard InChI is InChI=1S/C14H16O2.C11H22O2.HOSe/c1-5-6-12-7-10(2)13(8-11(3)15)14(9-12)16-4;1-3-8-13-10-4-6-11(2,9-12)7-5-10;1-2/h7,9H,8H2,1-4H3;10,12H,3-9H2,1-2H3;1H. The van der Waals surface area contributed by atoms with E-state index in [0.717, 1.165) is 61.2 Å². The molecule has 1 aliphatic rings. The molecule has 0 heterocycles. The van der Waals surface area contributed by atoms with Crippen molar-refractivity contribution in [2.45, 2.75) is 79.2 Å². The van der Waals surface area contributed by atoms with Gasteiger partial charge in [-0.05, 0) is 76.0 Å². The number of carbonyl (C=O) groups is 1. The molecule has 1 radical (unpaired) electrons. The number of aliphatic hydroxyl groups is 1. The maximum absolute atomic E-state index is 11.2. The summed E-state index contributed by atoms with van der Waals surface area (Å²) in [6.07, 6.45) is 6.44. The molecule has 0 atom stereocenters. The molecule has 1 saturated carbocycles. The van der Waals surface area contributed by atoms with Crippen molar-refractivity contribution in [2.75, 3.05) is 20.3 Å². The van der Waals surface area contributed by atoms with E-state index >= 15 is 0 Å². The fourth-order valence-electron chi connectivity index (χ4n) is 3.56. The number of carbonyl (C=O) groups excluding carboxylic acids is 1. The average Bonchev–Trinajstić information content (AvgIpc) is 2.77. The van der Waals surface area contributed by atoms with Gasteiger partial charge in [0.2, 0.25) is 0 Å². The van der Waals surface area contributed by atoms with E-state index in [4.69, 9.17) is 13.7 Å². The number of rotatable bonds is 7. The number of ketones is 1. The van der Waals surface area contributed by atoms with Gasteiger partial charge in [-0.3, -0.25) is 4.79 Å². The first-order valence-electron chi connectivity index (χ1n) is 10.8. The Hall–Kier alpha value is -1.35. The molecule has 0 saturated heterocycles. The normalized spacial score (nSPS) is 19.6. The van der Waals surface area contributed by atoms with Crippen LogP contribution in [0.2, 0.25) is 0 Å². The summed E-state index contributed by atoms with van der Waals surface area (Å²) < 4.78 is 17.9. The van der Waals surface area contributed by atoms with Crippen LogP contribution in [0.4, 0.5) is 0 Å². The van der Waals surface area contributed by atoms with E-state index in [2.05, 4.69) is 25.7 Å². The molecular weight excluding hydrogens is 459 g/mol. The SMILES string of the molecule is CC#Cc1cc(C)c(CC(C)=O)c(OC)c1.CCCOC1CCC(C)(CO)CC1.O[Se]. The van der Waals surface area contributed by atoms with E-state index in [1.807, 2.05) is 19.1 Å². The number of aliphatic hydroxyl groups excluding tert-OH is 1. The van der Waals surface area contributed by atoms with Crippen LogP contribution in [0.1, 0.15) is 76.5 Å². The van der Waals surface area contributed by atoms with Crippen LogP contribution in [0.3, 0.4) is 0 Å². The van der Waals surface area contributed by atoms with Crippen LogP contribution in [0.15, 0.2) is 12.1 Å². The number of ether oxygens (including phenoxy) is 2. The summed E-state index contributed by atoms with van der Waals surface area (Å²) in [5.41, 5.74) is 3.10. The summed E-state index contributed by atoms with van der Waals surface area (Å²) in [6, 6.07) is 3.86. The first-order chi connectivity index (χ1) is 14.8. The summed E-state index contributed by atoms with van der Waals surface area (Å²) in [6.45, 7) is 10.9. The summed E-state index contributed by atoms with van der Waals surface area (Å²) in [5, 5.41) is 9.17. The Labute approximate surface area is 197 Å². The predicted molar refractivity (Wildman–Crippen MR) is 126 cm³/mol. The van der Waals surface area contributed by atoms with Crippen LogP contribution in [0.25, 0.3) is 0 Å². The molecule has 0 spiro atoms. The molecule has 175 valence electrons. The van der Waals surface area contributed by atoms with E-state index in [1.54, 1.807) is 37.3 Å². The van der Waals surface area contributed by atoms with Gasteiger partial charge in [0.15, 0.2) is 0 Å². The van der Waals surface area contributed by atoms with Gasteiger partial charge in [0.05, 0.1) is 13.2 Å². The van der Waals surface area contributed by atoms with E-state index in [0.29, 0.717) is 19.1 Å². The third kappa shape index (κ3) is 11.2. The van der Waals surface area contributed by atoms with Crippen LogP contribution in [-0.2, 0) is 16.0 Å². The van der Waals surface area contributed by atoms with Gasteiger partial charge in [-0.15, -0.1) is 5.92 Å². The molecule has 31 heavy (non-hydrogen) atoms. The molecule has 0 aromatic heterocycles. The van der Waals surface area contributed by atoms with Gasteiger partial charge in [0, 0.05) is 30.8 Å². The number of aryl methyl sites for hydroxylation is 1. The molecule has 1 aromatic rings. The molecule has 0 amide bonds. The van der Waals surface area contributed by atoms with Gasteiger partial charge in [0.25, 0.3) is 0 Å². The zero-order valence-corrected chi connectivity index (χ0v) is 21.6. The van der Waals surface area contributed by atoms with Crippen molar-refractivity contribution < 1.29 is 23.6 Å². The Kier molecular flexibility index (Phi) is 15.6.